The van der Waals surface area contributed by atoms with Crippen LogP contribution in [0.4, 0.5) is 11.5 Å². The predicted molar refractivity (Wildman–Crippen MR) is 89.5 cm³/mol. The summed E-state index contributed by atoms with van der Waals surface area (Å²) >= 11 is 0. The van der Waals surface area contributed by atoms with E-state index in [2.05, 4.69) is 15.0 Å². The maximum absolute atomic E-state index is 12.4. The van der Waals surface area contributed by atoms with Gasteiger partial charge >= 0.3 is 5.97 Å². The fourth-order valence-corrected chi connectivity index (χ4v) is 3.18. The van der Waals surface area contributed by atoms with Gasteiger partial charge in [-0.15, -0.1) is 0 Å². The molecule has 132 valence electrons. The largest absolute Gasteiger partial charge is 0.478 e. The first-order valence-electron chi connectivity index (χ1n) is 7.87. The van der Waals surface area contributed by atoms with E-state index in [-0.39, 0.29) is 34.6 Å². The van der Waals surface area contributed by atoms with Crippen LogP contribution >= 0.6 is 0 Å². The van der Waals surface area contributed by atoms with Gasteiger partial charge in [-0.2, -0.15) is 0 Å². The molecule has 0 spiro atoms. The van der Waals surface area contributed by atoms with E-state index < -0.39 is 16.0 Å². The number of pyridine rings is 1. The SMILES string of the molecule is CCS(=O)(=O)Nc1ncc(C(=O)O)cc1NC(=O)C1CCCCC1. The summed E-state index contributed by atoms with van der Waals surface area (Å²) in [5.74, 6) is -1.84. The van der Waals surface area contributed by atoms with Crippen molar-refractivity contribution in [1.82, 2.24) is 4.98 Å². The Labute approximate surface area is 140 Å². The number of hydrogen-bond donors (Lipinski definition) is 3. The third kappa shape index (κ3) is 4.67. The molecule has 1 aromatic rings. The summed E-state index contributed by atoms with van der Waals surface area (Å²) in [6, 6.07) is 1.21. The van der Waals surface area contributed by atoms with E-state index in [9.17, 15) is 18.0 Å². The normalized spacial score (nSPS) is 15.7. The lowest BCUT2D eigenvalue weighted by molar-refractivity contribution is -0.120. The smallest absolute Gasteiger partial charge is 0.337 e. The number of aromatic carboxylic acids is 1. The molecule has 3 N–H and O–H groups in total. The number of hydrogen-bond acceptors (Lipinski definition) is 5. The highest BCUT2D eigenvalue weighted by atomic mass is 32.2. The van der Waals surface area contributed by atoms with Crippen molar-refractivity contribution in [3.05, 3.63) is 17.8 Å². The van der Waals surface area contributed by atoms with Crippen LogP contribution in [0.3, 0.4) is 0 Å². The molecule has 0 unspecified atom stereocenters. The Bertz CT molecular complexity index is 727. The average Bonchev–Trinajstić information content (AvgIpc) is 2.56. The molecule has 1 aliphatic rings. The van der Waals surface area contributed by atoms with Gasteiger partial charge in [-0.05, 0) is 25.8 Å². The topological polar surface area (TPSA) is 125 Å². The van der Waals surface area contributed by atoms with Crippen LogP contribution in [0.2, 0.25) is 0 Å². The maximum atomic E-state index is 12.4. The highest BCUT2D eigenvalue weighted by Crippen LogP contribution is 2.27. The molecule has 0 radical (unpaired) electrons. The van der Waals surface area contributed by atoms with Crippen LogP contribution in [0.1, 0.15) is 49.4 Å². The van der Waals surface area contributed by atoms with Gasteiger partial charge in [0.2, 0.25) is 15.9 Å². The number of carbonyl (C=O) groups is 2. The number of nitrogens with one attached hydrogen (secondary N) is 2. The monoisotopic (exact) mass is 355 g/mol. The second-order valence-electron chi connectivity index (χ2n) is 5.75. The average molecular weight is 355 g/mol. The number of nitrogens with zero attached hydrogens (tertiary/aromatic N) is 1. The molecule has 0 saturated heterocycles. The minimum Gasteiger partial charge on any atom is -0.478 e. The Morgan fingerprint density at radius 1 is 1.29 bits per heavy atom. The van der Waals surface area contributed by atoms with Crippen molar-refractivity contribution in [1.29, 1.82) is 0 Å². The minimum absolute atomic E-state index is 0.0579. The Kier molecular flexibility index (Phi) is 5.76. The standard InChI is InChI=1S/C15H21N3O5S/c1-2-24(22,23)18-13-12(8-11(9-16-13)15(20)21)17-14(19)10-6-4-3-5-7-10/h8-10H,2-7H2,1H3,(H,16,18)(H,17,19)(H,20,21). The second-order valence-corrected chi connectivity index (χ2v) is 7.77. The van der Waals surface area contributed by atoms with Crippen molar-refractivity contribution in [3.8, 4) is 0 Å². The lowest BCUT2D eigenvalue weighted by Crippen LogP contribution is -2.26. The summed E-state index contributed by atoms with van der Waals surface area (Å²) in [6.45, 7) is 1.47. The van der Waals surface area contributed by atoms with Crippen molar-refractivity contribution < 1.29 is 23.1 Å². The van der Waals surface area contributed by atoms with Crippen LogP contribution in [0.25, 0.3) is 0 Å². The fourth-order valence-electron chi connectivity index (χ4n) is 2.58. The first kappa shape index (κ1) is 18.2. The highest BCUT2D eigenvalue weighted by Gasteiger charge is 2.23. The van der Waals surface area contributed by atoms with Gasteiger partial charge in [-0.1, -0.05) is 19.3 Å². The van der Waals surface area contributed by atoms with Crippen LogP contribution in [-0.2, 0) is 14.8 Å². The van der Waals surface area contributed by atoms with Crippen molar-refractivity contribution in [2.75, 3.05) is 15.8 Å². The first-order chi connectivity index (χ1) is 11.3. The zero-order valence-corrected chi connectivity index (χ0v) is 14.2. The quantitative estimate of drug-likeness (QED) is 0.717. The zero-order valence-electron chi connectivity index (χ0n) is 13.4. The van der Waals surface area contributed by atoms with Crippen LogP contribution in [-0.4, -0.2) is 36.1 Å². The molecule has 9 heteroatoms. The molecule has 1 fully saturated rings. The molecular formula is C15H21N3O5S. The third-order valence-electron chi connectivity index (χ3n) is 4.00. The Hall–Kier alpha value is -2.16. The molecule has 1 saturated carbocycles. The molecule has 1 aromatic heterocycles. The molecule has 1 amide bonds. The zero-order chi connectivity index (χ0) is 17.7. The number of sulfonamides is 1. The predicted octanol–water partition coefficient (Wildman–Crippen LogP) is 2.06. The number of rotatable bonds is 6. The van der Waals surface area contributed by atoms with E-state index in [1.54, 1.807) is 0 Å². The molecule has 1 aliphatic carbocycles. The van der Waals surface area contributed by atoms with Gasteiger partial charge in [0, 0.05) is 12.1 Å². The molecule has 0 aromatic carbocycles. The van der Waals surface area contributed by atoms with Crippen LogP contribution in [0.5, 0.6) is 0 Å². The van der Waals surface area contributed by atoms with Crippen LogP contribution in [0.15, 0.2) is 12.3 Å². The minimum atomic E-state index is -3.60. The fraction of sp³-hybridized carbons (Fsp3) is 0.533. The number of amides is 1. The van der Waals surface area contributed by atoms with E-state index in [0.717, 1.165) is 38.3 Å². The maximum Gasteiger partial charge on any atom is 0.337 e. The molecule has 2 rings (SSSR count). The number of anilines is 2. The molecule has 0 aliphatic heterocycles. The molecule has 24 heavy (non-hydrogen) atoms. The van der Waals surface area contributed by atoms with Gasteiger partial charge in [0.1, 0.15) is 0 Å². The lowest BCUT2D eigenvalue weighted by Gasteiger charge is -2.21. The molecule has 1 heterocycles. The summed E-state index contributed by atoms with van der Waals surface area (Å²) in [4.78, 5) is 27.3. The Balaban J connectivity index is 2.28. The van der Waals surface area contributed by atoms with Crippen molar-refractivity contribution in [2.24, 2.45) is 5.92 Å². The Morgan fingerprint density at radius 2 is 1.96 bits per heavy atom. The van der Waals surface area contributed by atoms with Gasteiger partial charge in [-0.25, -0.2) is 18.2 Å². The van der Waals surface area contributed by atoms with Gasteiger partial charge in [0.25, 0.3) is 0 Å². The number of carboxylic acids is 1. The van der Waals surface area contributed by atoms with Gasteiger partial charge < -0.3 is 10.4 Å². The van der Waals surface area contributed by atoms with Crippen molar-refractivity contribution in [3.63, 3.8) is 0 Å². The van der Waals surface area contributed by atoms with Crippen molar-refractivity contribution in [2.45, 2.75) is 39.0 Å². The van der Waals surface area contributed by atoms with E-state index in [0.29, 0.717) is 0 Å². The van der Waals surface area contributed by atoms with E-state index >= 15 is 0 Å². The van der Waals surface area contributed by atoms with Crippen LogP contribution in [0, 0.1) is 5.92 Å². The van der Waals surface area contributed by atoms with Crippen molar-refractivity contribution >= 4 is 33.4 Å². The van der Waals surface area contributed by atoms with E-state index in [1.807, 2.05) is 0 Å². The summed E-state index contributed by atoms with van der Waals surface area (Å²) in [5.41, 5.74) is -0.0733. The van der Waals surface area contributed by atoms with Gasteiger partial charge in [-0.3, -0.25) is 9.52 Å². The van der Waals surface area contributed by atoms with Crippen LogP contribution < -0.4 is 10.0 Å². The lowest BCUT2D eigenvalue weighted by atomic mass is 9.88. The number of carbonyl (C=O) groups excluding carboxylic acids is 1. The second kappa shape index (κ2) is 7.61. The molecule has 0 atom stereocenters. The highest BCUT2D eigenvalue weighted by molar-refractivity contribution is 7.92. The summed E-state index contributed by atoms with van der Waals surface area (Å²) < 4.78 is 25.8. The Morgan fingerprint density at radius 3 is 2.54 bits per heavy atom. The molecular weight excluding hydrogens is 334 g/mol. The summed E-state index contributed by atoms with van der Waals surface area (Å²) in [7, 11) is -3.60. The van der Waals surface area contributed by atoms with Gasteiger partial charge in [0.15, 0.2) is 5.82 Å². The number of carboxylic acid groups (broad SMARTS) is 1. The molecule has 0 bridgehead atoms. The van der Waals surface area contributed by atoms with E-state index in [4.69, 9.17) is 5.11 Å². The van der Waals surface area contributed by atoms with E-state index in [1.165, 1.54) is 13.0 Å². The van der Waals surface area contributed by atoms with Gasteiger partial charge in [0.05, 0.1) is 17.0 Å². The summed E-state index contributed by atoms with van der Waals surface area (Å²) in [6.07, 6.45) is 5.64. The number of aromatic nitrogens is 1. The first-order valence-corrected chi connectivity index (χ1v) is 9.52. The third-order valence-corrected chi connectivity index (χ3v) is 5.27. The summed E-state index contributed by atoms with van der Waals surface area (Å²) in [5, 5.41) is 11.7. The molecule has 8 nitrogen and oxygen atoms in total.